The quantitative estimate of drug-likeness (QED) is 0.342. The van der Waals surface area contributed by atoms with Crippen molar-refractivity contribution in [1.29, 1.82) is 0 Å². The van der Waals surface area contributed by atoms with Gasteiger partial charge in [-0.2, -0.15) is 0 Å². The second-order valence-corrected chi connectivity index (χ2v) is 7.27. The summed E-state index contributed by atoms with van der Waals surface area (Å²) in [6.07, 6.45) is 1.96. The highest BCUT2D eigenvalue weighted by atomic mass is 127. The van der Waals surface area contributed by atoms with Crippen LogP contribution in [0.15, 0.2) is 53.7 Å². The van der Waals surface area contributed by atoms with Gasteiger partial charge in [-0.25, -0.2) is 0 Å². The number of rotatable bonds is 4. The average Bonchev–Trinajstić information content (AvgIpc) is 3.05. The third-order valence-corrected chi connectivity index (χ3v) is 4.30. The van der Waals surface area contributed by atoms with E-state index in [1.807, 2.05) is 28.8 Å². The molecule has 0 aliphatic rings. The smallest absolute Gasteiger partial charge is 0.191 e. The van der Waals surface area contributed by atoms with Crippen molar-refractivity contribution in [3.05, 3.63) is 65.6 Å². The fourth-order valence-corrected chi connectivity index (χ4v) is 2.70. The maximum Gasteiger partial charge on any atom is 0.191 e. The first-order valence-corrected chi connectivity index (χ1v) is 8.80. The normalized spacial score (nSPS) is 11.9. The molecule has 2 N–H and O–H groups in total. The molecule has 0 amide bonds. The maximum atomic E-state index is 4.28. The van der Waals surface area contributed by atoms with Gasteiger partial charge in [0.15, 0.2) is 17.4 Å². The number of aliphatic imine (C=N–C) groups is 1. The molecular weight excluding hydrogens is 451 g/mol. The van der Waals surface area contributed by atoms with Crippen LogP contribution in [-0.2, 0) is 18.5 Å². The average molecular weight is 478 g/mol. The van der Waals surface area contributed by atoms with Gasteiger partial charge in [-0.15, -0.1) is 34.2 Å². The van der Waals surface area contributed by atoms with Gasteiger partial charge in [0.1, 0.15) is 0 Å². The van der Waals surface area contributed by atoms with Crippen molar-refractivity contribution in [3.63, 3.8) is 0 Å². The number of halogens is 1. The summed E-state index contributed by atoms with van der Waals surface area (Å²) in [4.78, 5) is 4.28. The number of aromatic nitrogens is 3. The summed E-state index contributed by atoms with van der Waals surface area (Å²) < 4.78 is 1.96. The van der Waals surface area contributed by atoms with Gasteiger partial charge in [0.2, 0.25) is 0 Å². The standard InChI is InChI=1S/C20H26N6.HI/c1-20(2,3)16-10-8-15(9-11-16)13-22-19(21-4)23-14-18-25-24-17-7-5-6-12-26(17)18;/h5-12H,13-14H2,1-4H3,(H2,21,22,23);1H. The molecule has 0 saturated heterocycles. The second kappa shape index (κ2) is 9.16. The predicted molar refractivity (Wildman–Crippen MR) is 121 cm³/mol. The number of pyridine rings is 1. The van der Waals surface area contributed by atoms with Gasteiger partial charge >= 0.3 is 0 Å². The Morgan fingerprint density at radius 1 is 1.00 bits per heavy atom. The molecule has 0 aliphatic heterocycles. The Kier molecular flexibility index (Phi) is 7.18. The molecule has 3 rings (SSSR count). The van der Waals surface area contributed by atoms with Crippen LogP contribution in [0.3, 0.4) is 0 Å². The zero-order valence-corrected chi connectivity index (χ0v) is 18.6. The van der Waals surface area contributed by atoms with E-state index in [0.29, 0.717) is 13.1 Å². The number of hydrogen-bond acceptors (Lipinski definition) is 3. The van der Waals surface area contributed by atoms with Crippen molar-refractivity contribution >= 4 is 35.6 Å². The molecular formula is C20H27IN6. The van der Waals surface area contributed by atoms with Gasteiger partial charge in [-0.3, -0.25) is 9.39 Å². The first-order valence-electron chi connectivity index (χ1n) is 8.80. The Hall–Kier alpha value is -2.16. The van der Waals surface area contributed by atoms with Crippen LogP contribution in [0.5, 0.6) is 0 Å². The number of hydrogen-bond donors (Lipinski definition) is 2. The summed E-state index contributed by atoms with van der Waals surface area (Å²) in [6, 6.07) is 14.6. The first kappa shape index (κ1) is 21.1. The Bertz CT molecular complexity index is 893. The summed E-state index contributed by atoms with van der Waals surface area (Å²) >= 11 is 0. The lowest BCUT2D eigenvalue weighted by Crippen LogP contribution is -2.36. The van der Waals surface area contributed by atoms with E-state index in [-0.39, 0.29) is 29.4 Å². The highest BCUT2D eigenvalue weighted by Gasteiger charge is 2.12. The minimum absolute atomic E-state index is 0. The van der Waals surface area contributed by atoms with Crippen LogP contribution in [0.2, 0.25) is 0 Å². The van der Waals surface area contributed by atoms with Gasteiger partial charge in [-0.1, -0.05) is 51.1 Å². The molecule has 0 atom stereocenters. The van der Waals surface area contributed by atoms with Crippen molar-refractivity contribution in [2.75, 3.05) is 7.05 Å². The SMILES string of the molecule is CN=C(NCc1ccc(C(C)(C)C)cc1)NCc1nnc2ccccn12.I. The van der Waals surface area contributed by atoms with Crippen LogP contribution < -0.4 is 10.6 Å². The minimum atomic E-state index is 0. The zero-order chi connectivity index (χ0) is 18.6. The highest BCUT2D eigenvalue weighted by Crippen LogP contribution is 2.22. The fourth-order valence-electron chi connectivity index (χ4n) is 2.70. The molecule has 2 heterocycles. The van der Waals surface area contributed by atoms with E-state index in [1.165, 1.54) is 11.1 Å². The minimum Gasteiger partial charge on any atom is -0.352 e. The van der Waals surface area contributed by atoms with E-state index < -0.39 is 0 Å². The summed E-state index contributed by atoms with van der Waals surface area (Å²) in [6.45, 7) is 7.93. The van der Waals surface area contributed by atoms with Gasteiger partial charge in [0.25, 0.3) is 0 Å². The lowest BCUT2D eigenvalue weighted by Gasteiger charge is -2.19. The lowest BCUT2D eigenvalue weighted by atomic mass is 9.87. The van der Waals surface area contributed by atoms with Crippen LogP contribution in [0.1, 0.15) is 37.7 Å². The number of nitrogens with one attached hydrogen (secondary N) is 2. The highest BCUT2D eigenvalue weighted by molar-refractivity contribution is 14.0. The lowest BCUT2D eigenvalue weighted by molar-refractivity contribution is 0.590. The predicted octanol–water partition coefficient (Wildman–Crippen LogP) is 3.51. The van der Waals surface area contributed by atoms with Crippen molar-refractivity contribution in [3.8, 4) is 0 Å². The van der Waals surface area contributed by atoms with E-state index >= 15 is 0 Å². The van der Waals surface area contributed by atoms with Gasteiger partial charge in [-0.05, 0) is 28.7 Å². The topological polar surface area (TPSA) is 66.6 Å². The molecule has 0 aliphatic carbocycles. The third-order valence-electron chi connectivity index (χ3n) is 4.30. The van der Waals surface area contributed by atoms with E-state index in [9.17, 15) is 0 Å². The molecule has 0 radical (unpaired) electrons. The van der Waals surface area contributed by atoms with Crippen LogP contribution in [-0.4, -0.2) is 27.6 Å². The van der Waals surface area contributed by atoms with Crippen LogP contribution in [0.25, 0.3) is 5.65 Å². The Morgan fingerprint density at radius 3 is 2.37 bits per heavy atom. The Balaban J connectivity index is 0.00000261. The second-order valence-electron chi connectivity index (χ2n) is 7.27. The molecule has 0 fully saturated rings. The number of benzene rings is 1. The maximum absolute atomic E-state index is 4.28. The Morgan fingerprint density at radius 2 is 1.70 bits per heavy atom. The molecule has 3 aromatic rings. The molecule has 2 aromatic heterocycles. The number of nitrogens with zero attached hydrogens (tertiary/aromatic N) is 4. The monoisotopic (exact) mass is 478 g/mol. The summed E-state index contributed by atoms with van der Waals surface area (Å²) in [5, 5.41) is 15.0. The van der Waals surface area contributed by atoms with Crippen LogP contribution in [0.4, 0.5) is 0 Å². The van der Waals surface area contributed by atoms with E-state index in [0.717, 1.165) is 17.4 Å². The van der Waals surface area contributed by atoms with Crippen LogP contribution in [0, 0.1) is 0 Å². The molecule has 1 aromatic carbocycles. The van der Waals surface area contributed by atoms with E-state index in [2.05, 4.69) is 70.9 Å². The fraction of sp³-hybridized carbons (Fsp3) is 0.350. The number of fused-ring (bicyclic) bond motifs is 1. The molecule has 27 heavy (non-hydrogen) atoms. The molecule has 144 valence electrons. The van der Waals surface area contributed by atoms with Crippen molar-refractivity contribution < 1.29 is 0 Å². The summed E-state index contributed by atoms with van der Waals surface area (Å²) in [5.74, 6) is 1.58. The molecule has 7 heteroatoms. The van der Waals surface area contributed by atoms with E-state index in [1.54, 1.807) is 7.05 Å². The summed E-state index contributed by atoms with van der Waals surface area (Å²) in [5.41, 5.74) is 3.56. The van der Waals surface area contributed by atoms with Gasteiger partial charge < -0.3 is 10.6 Å². The van der Waals surface area contributed by atoms with Crippen molar-refractivity contribution in [2.24, 2.45) is 4.99 Å². The van der Waals surface area contributed by atoms with E-state index in [4.69, 9.17) is 0 Å². The zero-order valence-electron chi connectivity index (χ0n) is 16.2. The first-order chi connectivity index (χ1) is 12.5. The van der Waals surface area contributed by atoms with Crippen molar-refractivity contribution in [2.45, 2.75) is 39.3 Å². The largest absolute Gasteiger partial charge is 0.352 e. The van der Waals surface area contributed by atoms with Crippen LogP contribution >= 0.6 is 24.0 Å². The van der Waals surface area contributed by atoms with Gasteiger partial charge in [0.05, 0.1) is 6.54 Å². The third kappa shape index (κ3) is 5.41. The molecule has 0 saturated carbocycles. The summed E-state index contributed by atoms with van der Waals surface area (Å²) in [7, 11) is 1.76. The molecule has 6 nitrogen and oxygen atoms in total. The Labute approximate surface area is 177 Å². The molecule has 0 spiro atoms. The molecule has 0 unspecified atom stereocenters. The molecule has 0 bridgehead atoms. The van der Waals surface area contributed by atoms with Gasteiger partial charge in [0, 0.05) is 19.8 Å². The number of guanidine groups is 1. The van der Waals surface area contributed by atoms with Crippen molar-refractivity contribution in [1.82, 2.24) is 25.2 Å².